The lowest BCUT2D eigenvalue weighted by molar-refractivity contribution is 0.769. The minimum atomic E-state index is 0.782. The van der Waals surface area contributed by atoms with E-state index in [2.05, 4.69) is 22.5 Å². The number of rotatable bonds is 4. The summed E-state index contributed by atoms with van der Waals surface area (Å²) in [5, 5.41) is 8.09. The van der Waals surface area contributed by atoms with Crippen molar-refractivity contribution in [1.82, 2.24) is 9.78 Å². The topological polar surface area (TPSA) is 42.2 Å². The van der Waals surface area contributed by atoms with Gasteiger partial charge in [0.15, 0.2) is 5.82 Å². The van der Waals surface area contributed by atoms with Crippen molar-refractivity contribution in [1.29, 1.82) is 0 Å². The average Bonchev–Trinajstić information content (AvgIpc) is 2.45. The zero-order valence-corrected chi connectivity index (χ0v) is 7.49. The van der Waals surface area contributed by atoms with Crippen molar-refractivity contribution in [2.45, 2.75) is 19.8 Å². The molecule has 0 atom stereocenters. The van der Waals surface area contributed by atoms with Gasteiger partial charge in [-0.1, -0.05) is 13.3 Å². The summed E-state index contributed by atoms with van der Waals surface area (Å²) in [5.74, 6) is 0.782. The summed E-state index contributed by atoms with van der Waals surface area (Å²) >= 11 is 0. The van der Waals surface area contributed by atoms with Gasteiger partial charge in [0.1, 0.15) is 0 Å². The van der Waals surface area contributed by atoms with E-state index in [0.29, 0.717) is 0 Å². The van der Waals surface area contributed by atoms with E-state index in [1.165, 1.54) is 0 Å². The summed E-state index contributed by atoms with van der Waals surface area (Å²) in [6.45, 7) is 2.12. The Kier molecular flexibility index (Phi) is 3.32. The van der Waals surface area contributed by atoms with Crippen LogP contribution in [0.15, 0.2) is 17.4 Å². The predicted molar refractivity (Wildman–Crippen MR) is 50.2 cm³/mol. The van der Waals surface area contributed by atoms with Gasteiger partial charge in [0, 0.05) is 25.5 Å². The Labute approximate surface area is 72.3 Å². The fraction of sp³-hybridized carbons (Fsp3) is 0.500. The highest BCUT2D eigenvalue weighted by Crippen LogP contribution is 1.99. The molecule has 4 nitrogen and oxygen atoms in total. The molecular formula is C8H14N4. The Morgan fingerprint density at radius 1 is 1.75 bits per heavy atom. The highest BCUT2D eigenvalue weighted by molar-refractivity contribution is 5.58. The molecule has 0 aliphatic heterocycles. The van der Waals surface area contributed by atoms with Crippen molar-refractivity contribution in [3.05, 3.63) is 12.3 Å². The van der Waals surface area contributed by atoms with Crippen LogP contribution in [0.3, 0.4) is 0 Å². The minimum absolute atomic E-state index is 0.782. The monoisotopic (exact) mass is 166 g/mol. The quantitative estimate of drug-likeness (QED) is 0.545. The molecule has 1 N–H and O–H groups in total. The standard InChI is InChI=1S/C8H14N4/c1-3-4-6-9-10-8-5-7-12(2)11-8/h5-7H,3-4H2,1-2H3,(H,10,11)/b9-6+. The Morgan fingerprint density at radius 3 is 3.17 bits per heavy atom. The van der Waals surface area contributed by atoms with E-state index in [-0.39, 0.29) is 0 Å². The first-order valence-electron chi connectivity index (χ1n) is 4.10. The predicted octanol–water partition coefficient (Wildman–Crippen LogP) is 1.62. The van der Waals surface area contributed by atoms with Crippen molar-refractivity contribution in [2.75, 3.05) is 5.43 Å². The molecule has 0 aliphatic carbocycles. The maximum atomic E-state index is 4.10. The molecule has 0 aromatic carbocycles. The van der Waals surface area contributed by atoms with Crippen molar-refractivity contribution in [3.8, 4) is 0 Å². The van der Waals surface area contributed by atoms with Crippen molar-refractivity contribution in [3.63, 3.8) is 0 Å². The summed E-state index contributed by atoms with van der Waals surface area (Å²) in [5.41, 5.74) is 2.84. The Hall–Kier alpha value is -1.32. The Bertz CT molecular complexity index is 251. The van der Waals surface area contributed by atoms with Crippen LogP contribution in [-0.4, -0.2) is 16.0 Å². The first-order chi connectivity index (χ1) is 5.83. The number of hydrazone groups is 1. The van der Waals surface area contributed by atoms with E-state index in [0.717, 1.165) is 18.7 Å². The van der Waals surface area contributed by atoms with Gasteiger partial charge in [0.05, 0.1) is 0 Å². The van der Waals surface area contributed by atoms with E-state index in [1.54, 1.807) is 4.68 Å². The van der Waals surface area contributed by atoms with Crippen LogP contribution in [0.5, 0.6) is 0 Å². The second kappa shape index (κ2) is 4.54. The number of aromatic nitrogens is 2. The van der Waals surface area contributed by atoms with Crippen LogP contribution in [0, 0.1) is 0 Å². The molecule has 0 bridgehead atoms. The van der Waals surface area contributed by atoms with Crippen LogP contribution in [0.4, 0.5) is 5.82 Å². The molecule has 0 fully saturated rings. The molecule has 0 saturated heterocycles. The molecule has 0 amide bonds. The van der Waals surface area contributed by atoms with E-state index < -0.39 is 0 Å². The average molecular weight is 166 g/mol. The zero-order valence-electron chi connectivity index (χ0n) is 7.49. The van der Waals surface area contributed by atoms with Gasteiger partial charge in [0.25, 0.3) is 0 Å². The highest BCUT2D eigenvalue weighted by Gasteiger charge is 1.90. The number of anilines is 1. The van der Waals surface area contributed by atoms with Gasteiger partial charge in [-0.25, -0.2) is 0 Å². The Morgan fingerprint density at radius 2 is 2.58 bits per heavy atom. The van der Waals surface area contributed by atoms with Crippen LogP contribution in [0.25, 0.3) is 0 Å². The molecule has 66 valence electrons. The van der Waals surface area contributed by atoms with Crippen LogP contribution in [-0.2, 0) is 7.05 Å². The Balaban J connectivity index is 2.33. The van der Waals surface area contributed by atoms with Crippen molar-refractivity contribution >= 4 is 12.0 Å². The van der Waals surface area contributed by atoms with Gasteiger partial charge in [-0.15, -0.1) is 0 Å². The molecule has 1 aromatic rings. The second-order valence-corrected chi connectivity index (χ2v) is 2.59. The molecule has 0 spiro atoms. The van der Waals surface area contributed by atoms with Crippen LogP contribution >= 0.6 is 0 Å². The first-order valence-corrected chi connectivity index (χ1v) is 4.10. The van der Waals surface area contributed by atoms with Gasteiger partial charge >= 0.3 is 0 Å². The number of aryl methyl sites for hydroxylation is 1. The van der Waals surface area contributed by atoms with E-state index in [4.69, 9.17) is 0 Å². The summed E-state index contributed by atoms with van der Waals surface area (Å²) in [4.78, 5) is 0. The van der Waals surface area contributed by atoms with Gasteiger partial charge in [-0.05, 0) is 6.42 Å². The number of unbranched alkanes of at least 4 members (excludes halogenated alkanes) is 1. The number of hydrogen-bond donors (Lipinski definition) is 1. The van der Waals surface area contributed by atoms with Crippen molar-refractivity contribution in [2.24, 2.45) is 12.1 Å². The van der Waals surface area contributed by atoms with Crippen LogP contribution < -0.4 is 5.43 Å². The lowest BCUT2D eigenvalue weighted by Crippen LogP contribution is -1.92. The summed E-state index contributed by atoms with van der Waals surface area (Å²) < 4.78 is 1.73. The third-order valence-electron chi connectivity index (χ3n) is 1.40. The summed E-state index contributed by atoms with van der Waals surface area (Å²) in [6.07, 6.45) is 5.85. The number of hydrogen-bond acceptors (Lipinski definition) is 3. The molecule has 4 heteroatoms. The first kappa shape index (κ1) is 8.77. The van der Waals surface area contributed by atoms with Crippen molar-refractivity contribution < 1.29 is 0 Å². The van der Waals surface area contributed by atoms with E-state index in [1.807, 2.05) is 25.5 Å². The third-order valence-corrected chi connectivity index (χ3v) is 1.40. The SMILES string of the molecule is CCC/C=N/Nc1ccn(C)n1. The normalized spacial score (nSPS) is 10.8. The largest absolute Gasteiger partial charge is 0.274 e. The maximum absolute atomic E-state index is 4.10. The van der Waals surface area contributed by atoms with Crippen LogP contribution in [0.2, 0.25) is 0 Å². The maximum Gasteiger partial charge on any atom is 0.168 e. The lowest BCUT2D eigenvalue weighted by Gasteiger charge is -1.91. The molecule has 12 heavy (non-hydrogen) atoms. The van der Waals surface area contributed by atoms with Gasteiger partial charge in [0.2, 0.25) is 0 Å². The van der Waals surface area contributed by atoms with Gasteiger partial charge < -0.3 is 0 Å². The molecule has 1 heterocycles. The zero-order chi connectivity index (χ0) is 8.81. The fourth-order valence-electron chi connectivity index (χ4n) is 0.780. The molecule has 0 aliphatic rings. The smallest absolute Gasteiger partial charge is 0.168 e. The summed E-state index contributed by atoms with van der Waals surface area (Å²) in [7, 11) is 1.88. The fourth-order valence-corrected chi connectivity index (χ4v) is 0.780. The molecule has 0 saturated carbocycles. The van der Waals surface area contributed by atoms with Crippen LogP contribution in [0.1, 0.15) is 19.8 Å². The number of nitrogens with zero attached hydrogens (tertiary/aromatic N) is 3. The third kappa shape index (κ3) is 2.74. The van der Waals surface area contributed by atoms with Gasteiger partial charge in [-0.3, -0.25) is 10.1 Å². The summed E-state index contributed by atoms with van der Waals surface area (Å²) in [6, 6.07) is 1.88. The second-order valence-electron chi connectivity index (χ2n) is 2.59. The molecule has 0 unspecified atom stereocenters. The molecule has 1 aromatic heterocycles. The highest BCUT2D eigenvalue weighted by atomic mass is 15.4. The lowest BCUT2D eigenvalue weighted by atomic mass is 10.4. The molecule has 0 radical (unpaired) electrons. The van der Waals surface area contributed by atoms with E-state index >= 15 is 0 Å². The minimum Gasteiger partial charge on any atom is -0.274 e. The van der Waals surface area contributed by atoms with Gasteiger partial charge in [-0.2, -0.15) is 10.2 Å². The molecule has 1 rings (SSSR count). The number of nitrogens with one attached hydrogen (secondary N) is 1. The molecular weight excluding hydrogens is 152 g/mol. The van der Waals surface area contributed by atoms with E-state index in [9.17, 15) is 0 Å².